The third-order valence-electron chi connectivity index (χ3n) is 6.07. The summed E-state index contributed by atoms with van der Waals surface area (Å²) in [5, 5.41) is 0. The van der Waals surface area contributed by atoms with E-state index < -0.39 is 12.6 Å². The number of rotatable bonds is 6. The molecule has 0 fully saturated rings. The summed E-state index contributed by atoms with van der Waals surface area (Å²) in [6.45, 7) is 8.49. The molecule has 3 heterocycles. The van der Waals surface area contributed by atoms with Crippen molar-refractivity contribution in [3.63, 3.8) is 0 Å². The largest absolute Gasteiger partial charge is 0.466 e. The Hall–Kier alpha value is -4.07. The van der Waals surface area contributed by atoms with Crippen molar-refractivity contribution in [1.82, 2.24) is 13.9 Å². The van der Waals surface area contributed by atoms with Crippen molar-refractivity contribution in [2.45, 2.75) is 34.6 Å². The molecule has 8 heteroatoms. The molecule has 0 aliphatic rings. The highest BCUT2D eigenvalue weighted by atomic mass is 16.5. The van der Waals surface area contributed by atoms with Gasteiger partial charge in [0.2, 0.25) is 5.78 Å². The number of ketones is 1. The topological polar surface area (TPSA) is 88.4 Å². The van der Waals surface area contributed by atoms with E-state index in [1.807, 2.05) is 51.2 Å². The molecule has 34 heavy (non-hydrogen) atoms. The number of benzene rings is 1. The van der Waals surface area contributed by atoms with Gasteiger partial charge in [0.25, 0.3) is 5.56 Å². The minimum atomic E-state index is -0.610. The Morgan fingerprint density at radius 2 is 1.62 bits per heavy atom. The fourth-order valence-electron chi connectivity index (χ4n) is 4.32. The SMILES string of the molecule is Cc1cc(C(=O)OCC(=O)c2cc(C)n(-c3c(C)n(C)n(-c4ccccc4)c3=O)c2C)c(C)o1. The summed E-state index contributed by atoms with van der Waals surface area (Å²) in [6, 6.07) is 12.7. The first kappa shape index (κ1) is 23.1. The molecule has 0 saturated heterocycles. The van der Waals surface area contributed by atoms with E-state index in [9.17, 15) is 14.4 Å². The lowest BCUT2D eigenvalue weighted by molar-refractivity contribution is 0.0472. The van der Waals surface area contributed by atoms with E-state index in [-0.39, 0.29) is 11.3 Å². The summed E-state index contributed by atoms with van der Waals surface area (Å²) >= 11 is 0. The molecule has 4 aromatic rings. The van der Waals surface area contributed by atoms with Gasteiger partial charge in [-0.25, -0.2) is 9.48 Å². The number of para-hydroxylation sites is 1. The van der Waals surface area contributed by atoms with Crippen molar-refractivity contribution in [1.29, 1.82) is 0 Å². The zero-order valence-corrected chi connectivity index (χ0v) is 20.1. The number of aromatic nitrogens is 3. The molecule has 4 rings (SSSR count). The van der Waals surface area contributed by atoms with E-state index in [2.05, 4.69) is 0 Å². The highest BCUT2D eigenvalue weighted by Crippen LogP contribution is 2.23. The molecule has 0 unspecified atom stereocenters. The van der Waals surface area contributed by atoms with Crippen LogP contribution in [0.3, 0.4) is 0 Å². The normalized spacial score (nSPS) is 11.1. The van der Waals surface area contributed by atoms with Crippen LogP contribution in [-0.4, -0.2) is 32.3 Å². The fraction of sp³-hybridized carbons (Fsp3) is 0.269. The van der Waals surface area contributed by atoms with Crippen LogP contribution in [0.25, 0.3) is 11.4 Å². The second-order valence-electron chi connectivity index (χ2n) is 8.36. The van der Waals surface area contributed by atoms with Crippen LogP contribution in [0.2, 0.25) is 0 Å². The molecule has 0 spiro atoms. The Labute approximate surface area is 197 Å². The molecule has 0 N–H and O–H groups in total. The standard InChI is InChI=1S/C26H27N3O5/c1-15-12-21(23(30)14-33-26(32)22-13-16(2)34-19(22)5)17(3)28(15)24-18(4)27(6)29(25(24)31)20-10-8-7-9-11-20/h7-13H,14H2,1-6H3. The Balaban J connectivity index is 1.66. The molecule has 0 saturated carbocycles. The molecule has 1 aromatic carbocycles. The predicted octanol–water partition coefficient (Wildman–Crippen LogP) is 4.14. The van der Waals surface area contributed by atoms with E-state index in [0.717, 1.165) is 17.1 Å². The number of hydrogen-bond donors (Lipinski definition) is 0. The van der Waals surface area contributed by atoms with Crippen LogP contribution in [-0.2, 0) is 11.8 Å². The first-order valence-corrected chi connectivity index (χ1v) is 10.9. The Bertz CT molecular complexity index is 1460. The number of carbonyl (C=O) groups is 2. The molecule has 0 aliphatic heterocycles. The molecule has 3 aromatic heterocycles. The van der Waals surface area contributed by atoms with E-state index in [1.165, 1.54) is 0 Å². The van der Waals surface area contributed by atoms with Crippen LogP contribution in [0.15, 0.2) is 51.7 Å². The molecule has 8 nitrogen and oxygen atoms in total. The van der Waals surface area contributed by atoms with Gasteiger partial charge in [0.1, 0.15) is 22.8 Å². The maximum atomic E-state index is 13.5. The average Bonchev–Trinajstić information content (AvgIpc) is 3.37. The maximum absolute atomic E-state index is 13.5. The molecule has 0 aliphatic carbocycles. The van der Waals surface area contributed by atoms with Crippen molar-refractivity contribution in [3.05, 3.63) is 92.5 Å². The molecule has 0 amide bonds. The molecule has 0 radical (unpaired) electrons. The Morgan fingerprint density at radius 3 is 2.24 bits per heavy atom. The monoisotopic (exact) mass is 461 g/mol. The number of Topliss-reactive ketones (excluding diaryl/α,β-unsaturated/α-hetero) is 1. The fourth-order valence-corrected chi connectivity index (χ4v) is 4.32. The van der Waals surface area contributed by atoms with Crippen molar-refractivity contribution in [3.8, 4) is 11.4 Å². The van der Waals surface area contributed by atoms with Gasteiger partial charge >= 0.3 is 5.97 Å². The van der Waals surface area contributed by atoms with Crippen LogP contribution in [0.4, 0.5) is 0 Å². The van der Waals surface area contributed by atoms with E-state index in [4.69, 9.17) is 9.15 Å². The van der Waals surface area contributed by atoms with Gasteiger partial charge in [0.15, 0.2) is 6.61 Å². The van der Waals surface area contributed by atoms with Crippen LogP contribution < -0.4 is 5.56 Å². The quantitative estimate of drug-likeness (QED) is 0.318. The first-order valence-electron chi connectivity index (χ1n) is 10.9. The van der Waals surface area contributed by atoms with Gasteiger partial charge < -0.3 is 13.7 Å². The number of carbonyl (C=O) groups excluding carboxylic acids is 2. The first-order chi connectivity index (χ1) is 16.1. The van der Waals surface area contributed by atoms with Gasteiger partial charge in [-0.1, -0.05) is 18.2 Å². The second-order valence-corrected chi connectivity index (χ2v) is 8.36. The van der Waals surface area contributed by atoms with Gasteiger partial charge in [0.05, 0.1) is 11.4 Å². The lowest BCUT2D eigenvalue weighted by Crippen LogP contribution is -2.22. The van der Waals surface area contributed by atoms with Crippen LogP contribution in [0.5, 0.6) is 0 Å². The van der Waals surface area contributed by atoms with Gasteiger partial charge in [-0.05, 0) is 58.9 Å². The Kier molecular flexibility index (Phi) is 5.91. The Morgan fingerprint density at radius 1 is 0.941 bits per heavy atom. The number of ether oxygens (including phenoxy) is 1. The van der Waals surface area contributed by atoms with Crippen LogP contribution in [0, 0.1) is 34.6 Å². The highest BCUT2D eigenvalue weighted by Gasteiger charge is 2.24. The predicted molar refractivity (Wildman–Crippen MR) is 127 cm³/mol. The van der Waals surface area contributed by atoms with Gasteiger partial charge in [-0.3, -0.25) is 14.3 Å². The van der Waals surface area contributed by atoms with Crippen LogP contribution in [0.1, 0.15) is 49.3 Å². The minimum absolute atomic E-state index is 0.191. The van der Waals surface area contributed by atoms with E-state index in [0.29, 0.717) is 34.0 Å². The van der Waals surface area contributed by atoms with Crippen molar-refractivity contribution in [2.24, 2.45) is 7.05 Å². The zero-order valence-electron chi connectivity index (χ0n) is 20.1. The van der Waals surface area contributed by atoms with Crippen LogP contribution >= 0.6 is 0 Å². The molecule has 0 bridgehead atoms. The van der Waals surface area contributed by atoms with E-state index >= 15 is 0 Å². The smallest absolute Gasteiger partial charge is 0.342 e. The molecular weight excluding hydrogens is 434 g/mol. The number of aryl methyl sites for hydroxylation is 3. The lowest BCUT2D eigenvalue weighted by Gasteiger charge is -2.09. The molecular formula is C26H27N3O5. The summed E-state index contributed by atoms with van der Waals surface area (Å²) in [5.41, 5.74) is 3.84. The zero-order chi connectivity index (χ0) is 24.7. The summed E-state index contributed by atoms with van der Waals surface area (Å²) < 4.78 is 15.8. The molecule has 0 atom stereocenters. The van der Waals surface area contributed by atoms with Gasteiger partial charge in [0, 0.05) is 24.0 Å². The third-order valence-corrected chi connectivity index (χ3v) is 6.07. The van der Waals surface area contributed by atoms with Crippen molar-refractivity contribution in [2.75, 3.05) is 6.61 Å². The third kappa shape index (κ3) is 3.81. The lowest BCUT2D eigenvalue weighted by atomic mass is 10.1. The van der Waals surface area contributed by atoms with Gasteiger partial charge in [-0.2, -0.15) is 0 Å². The maximum Gasteiger partial charge on any atom is 0.342 e. The number of hydrogen-bond acceptors (Lipinski definition) is 5. The summed E-state index contributed by atoms with van der Waals surface area (Å²) in [4.78, 5) is 38.8. The van der Waals surface area contributed by atoms with Gasteiger partial charge in [-0.15, -0.1) is 0 Å². The number of nitrogens with zero attached hydrogens (tertiary/aromatic N) is 3. The number of furan rings is 1. The molecule has 176 valence electrons. The minimum Gasteiger partial charge on any atom is -0.466 e. The number of esters is 1. The average molecular weight is 462 g/mol. The second kappa shape index (κ2) is 8.70. The summed E-state index contributed by atoms with van der Waals surface area (Å²) in [5.74, 6) is 0.0878. The summed E-state index contributed by atoms with van der Waals surface area (Å²) in [6.07, 6.45) is 0. The summed E-state index contributed by atoms with van der Waals surface area (Å²) in [7, 11) is 1.83. The van der Waals surface area contributed by atoms with Crippen molar-refractivity contribution >= 4 is 11.8 Å². The van der Waals surface area contributed by atoms with E-state index in [1.54, 1.807) is 46.8 Å². The van der Waals surface area contributed by atoms with Crippen molar-refractivity contribution < 1.29 is 18.7 Å². The highest BCUT2D eigenvalue weighted by molar-refractivity contribution is 6.00.